The maximum Gasteiger partial charge on any atom is 0.348 e. The van der Waals surface area contributed by atoms with Crippen molar-refractivity contribution in [2.24, 2.45) is 23.2 Å². The largest absolute Gasteiger partial charge is 0.477 e. The zero-order chi connectivity index (χ0) is 24.2. The summed E-state index contributed by atoms with van der Waals surface area (Å²) < 4.78 is 0. The molecule has 1 atom stereocenters. The van der Waals surface area contributed by atoms with Gasteiger partial charge in [0.15, 0.2) is 0 Å². The number of hydrogen-bond donors (Lipinski definition) is 1. The molecule has 32 heavy (non-hydrogen) atoms. The minimum absolute atomic E-state index is 0.0882. The lowest BCUT2D eigenvalue weighted by atomic mass is 9.82. The maximum atomic E-state index is 13.6. The summed E-state index contributed by atoms with van der Waals surface area (Å²) in [5, 5.41) is 9.86. The van der Waals surface area contributed by atoms with Crippen molar-refractivity contribution >= 4 is 34.8 Å². The van der Waals surface area contributed by atoms with Gasteiger partial charge in [0.2, 0.25) is 11.8 Å². The highest BCUT2D eigenvalue weighted by molar-refractivity contribution is 7.15. The number of aromatic carboxylic acids is 1. The molecule has 1 unspecified atom stereocenters. The van der Waals surface area contributed by atoms with E-state index in [1.165, 1.54) is 9.80 Å². The molecule has 1 heterocycles. The fourth-order valence-electron chi connectivity index (χ4n) is 3.87. The van der Waals surface area contributed by atoms with E-state index >= 15 is 0 Å². The number of anilines is 1. The van der Waals surface area contributed by atoms with Gasteiger partial charge < -0.3 is 14.9 Å². The van der Waals surface area contributed by atoms with Crippen LogP contribution in [0.5, 0.6) is 0 Å². The predicted octanol–water partition coefficient (Wildman–Crippen LogP) is 4.73. The fourth-order valence-corrected chi connectivity index (χ4v) is 4.73. The van der Waals surface area contributed by atoms with Gasteiger partial charge in [-0.2, -0.15) is 0 Å². The lowest BCUT2D eigenvalue weighted by molar-refractivity contribution is -0.132. The minimum atomic E-state index is -1.09. The highest BCUT2D eigenvalue weighted by Gasteiger charge is 2.34. The van der Waals surface area contributed by atoms with Gasteiger partial charge in [0.05, 0.1) is 16.5 Å². The van der Waals surface area contributed by atoms with Crippen LogP contribution in [0, 0.1) is 35.0 Å². The first kappa shape index (κ1) is 25.9. The Morgan fingerprint density at radius 2 is 1.78 bits per heavy atom. The Bertz CT molecular complexity index is 909. The van der Waals surface area contributed by atoms with Gasteiger partial charge in [0, 0.05) is 32.0 Å². The molecule has 1 aliphatic rings. The van der Waals surface area contributed by atoms with E-state index in [2.05, 4.69) is 18.8 Å². The number of carbonyl (C=O) groups is 3. The van der Waals surface area contributed by atoms with Crippen LogP contribution in [0.15, 0.2) is 6.07 Å². The topological polar surface area (TPSA) is 77.9 Å². The molecule has 2 amide bonds. The van der Waals surface area contributed by atoms with Crippen LogP contribution in [0.1, 0.15) is 74.9 Å². The van der Waals surface area contributed by atoms with Gasteiger partial charge in [-0.3, -0.25) is 9.59 Å². The van der Waals surface area contributed by atoms with Crippen LogP contribution < -0.4 is 4.90 Å². The van der Waals surface area contributed by atoms with E-state index in [0.717, 1.165) is 37.0 Å². The molecule has 6 nitrogen and oxygen atoms in total. The zero-order valence-corrected chi connectivity index (χ0v) is 21.1. The molecule has 1 N–H and O–H groups in total. The molecule has 1 aliphatic carbocycles. The van der Waals surface area contributed by atoms with E-state index in [9.17, 15) is 19.5 Å². The van der Waals surface area contributed by atoms with E-state index in [-0.39, 0.29) is 34.6 Å². The molecular formula is C25H36N2O4S. The summed E-state index contributed by atoms with van der Waals surface area (Å²) >= 11 is 1.08. The van der Waals surface area contributed by atoms with Crippen molar-refractivity contribution in [1.29, 1.82) is 0 Å². The Kier molecular flexibility index (Phi) is 8.53. The molecule has 0 aromatic carbocycles. The summed E-state index contributed by atoms with van der Waals surface area (Å²) in [5.41, 5.74) is 0.122. The van der Waals surface area contributed by atoms with Crippen LogP contribution in [0.2, 0.25) is 0 Å². The average Bonchev–Trinajstić information content (AvgIpc) is 3.13. The third-order valence-electron chi connectivity index (χ3n) is 5.71. The minimum Gasteiger partial charge on any atom is -0.477 e. The molecule has 1 aromatic rings. The van der Waals surface area contributed by atoms with Crippen LogP contribution in [0.25, 0.3) is 0 Å². The second-order valence-electron chi connectivity index (χ2n) is 10.2. The first-order valence-corrected chi connectivity index (χ1v) is 12.0. The molecule has 0 aliphatic heterocycles. The molecule has 176 valence electrons. The summed E-state index contributed by atoms with van der Waals surface area (Å²) in [5.74, 6) is 4.90. The van der Waals surface area contributed by atoms with Gasteiger partial charge in [0.25, 0.3) is 0 Å². The van der Waals surface area contributed by atoms with Crippen molar-refractivity contribution in [2.45, 2.75) is 60.3 Å². The monoisotopic (exact) mass is 460 g/mol. The van der Waals surface area contributed by atoms with Crippen molar-refractivity contribution in [3.8, 4) is 11.8 Å². The Labute approximate surface area is 196 Å². The third kappa shape index (κ3) is 6.83. The Morgan fingerprint density at radius 3 is 2.28 bits per heavy atom. The van der Waals surface area contributed by atoms with Gasteiger partial charge >= 0.3 is 5.97 Å². The summed E-state index contributed by atoms with van der Waals surface area (Å²) in [7, 11) is 3.36. The molecular weight excluding hydrogens is 424 g/mol. The molecule has 0 saturated heterocycles. The van der Waals surface area contributed by atoms with Crippen LogP contribution in [-0.4, -0.2) is 48.4 Å². The molecule has 1 saturated carbocycles. The second-order valence-corrected chi connectivity index (χ2v) is 11.2. The van der Waals surface area contributed by atoms with Crippen LogP contribution in [-0.2, 0) is 9.59 Å². The molecule has 0 bridgehead atoms. The van der Waals surface area contributed by atoms with E-state index in [4.69, 9.17) is 0 Å². The van der Waals surface area contributed by atoms with Crippen molar-refractivity contribution in [1.82, 2.24) is 4.90 Å². The normalized spacial score (nSPS) is 19.5. The zero-order valence-electron chi connectivity index (χ0n) is 20.3. The van der Waals surface area contributed by atoms with E-state index in [1.807, 2.05) is 20.8 Å². The van der Waals surface area contributed by atoms with E-state index < -0.39 is 11.9 Å². The van der Waals surface area contributed by atoms with Crippen molar-refractivity contribution in [3.05, 3.63) is 15.8 Å². The van der Waals surface area contributed by atoms with Crippen LogP contribution in [0.4, 0.5) is 5.69 Å². The smallest absolute Gasteiger partial charge is 0.348 e. The number of carboxylic acids is 1. The second kappa shape index (κ2) is 10.5. The Hall–Kier alpha value is -2.33. The summed E-state index contributed by atoms with van der Waals surface area (Å²) in [4.78, 5) is 41.9. The van der Waals surface area contributed by atoms with Gasteiger partial charge in [-0.05, 0) is 58.4 Å². The van der Waals surface area contributed by atoms with Gasteiger partial charge in [-0.1, -0.05) is 25.7 Å². The van der Waals surface area contributed by atoms with Crippen molar-refractivity contribution in [3.63, 3.8) is 0 Å². The first-order valence-electron chi connectivity index (χ1n) is 11.2. The molecule has 7 heteroatoms. The molecule has 0 spiro atoms. The van der Waals surface area contributed by atoms with Gasteiger partial charge in [-0.25, -0.2) is 4.79 Å². The number of carbonyl (C=O) groups excluding carboxylic acids is 2. The predicted molar refractivity (Wildman–Crippen MR) is 129 cm³/mol. The van der Waals surface area contributed by atoms with Gasteiger partial charge in [0.1, 0.15) is 4.88 Å². The molecule has 0 radical (unpaired) electrons. The average molecular weight is 461 g/mol. The quantitative estimate of drug-likeness (QED) is 0.623. The van der Waals surface area contributed by atoms with Crippen molar-refractivity contribution in [2.75, 3.05) is 25.5 Å². The van der Waals surface area contributed by atoms with E-state index in [1.54, 1.807) is 27.1 Å². The number of carboxylic acid groups (broad SMARTS) is 1. The Morgan fingerprint density at radius 1 is 1.19 bits per heavy atom. The first-order chi connectivity index (χ1) is 14.8. The Balaban J connectivity index is 2.48. The standard InChI is InChI=1S/C25H36N2O4S/c1-16-8-10-18(11-9-16)23(29)27(15-17(2)22(28)26(6)7)20-14-19(12-13-25(3,4)5)32-21(20)24(30)31/h14,16-18H,8-11,15H2,1-7H3,(H,30,31). The molecule has 1 aromatic heterocycles. The van der Waals surface area contributed by atoms with Crippen LogP contribution >= 0.6 is 11.3 Å². The number of nitrogens with zero attached hydrogens (tertiary/aromatic N) is 2. The fraction of sp³-hybridized carbons (Fsp3) is 0.640. The summed E-state index contributed by atoms with van der Waals surface area (Å²) in [6, 6.07) is 1.70. The molecule has 2 rings (SSSR count). The summed E-state index contributed by atoms with van der Waals surface area (Å²) in [6.45, 7) is 10.1. The molecule has 1 fully saturated rings. The lowest BCUT2D eigenvalue weighted by Gasteiger charge is -2.32. The number of rotatable bonds is 6. The van der Waals surface area contributed by atoms with Crippen LogP contribution in [0.3, 0.4) is 0 Å². The summed E-state index contributed by atoms with van der Waals surface area (Å²) in [6.07, 6.45) is 3.54. The SMILES string of the molecule is CC1CCC(C(=O)N(CC(C)C(=O)N(C)C)c2cc(C#CC(C)(C)C)sc2C(=O)O)CC1. The number of thiophene rings is 1. The van der Waals surface area contributed by atoms with E-state index in [0.29, 0.717) is 16.5 Å². The van der Waals surface area contributed by atoms with Gasteiger partial charge in [-0.15, -0.1) is 11.3 Å². The highest BCUT2D eigenvalue weighted by Crippen LogP contribution is 2.35. The third-order valence-corrected chi connectivity index (χ3v) is 6.74. The number of amides is 2. The lowest BCUT2D eigenvalue weighted by Crippen LogP contribution is -2.44. The maximum absolute atomic E-state index is 13.6. The highest BCUT2D eigenvalue weighted by atomic mass is 32.1. The van der Waals surface area contributed by atoms with Crippen molar-refractivity contribution < 1.29 is 19.5 Å². The number of hydrogen-bond acceptors (Lipinski definition) is 4.